The molecule has 2 nitrogen and oxygen atoms in total. The summed E-state index contributed by atoms with van der Waals surface area (Å²) in [5, 5.41) is 0. The van der Waals surface area contributed by atoms with Crippen molar-refractivity contribution in [3.8, 4) is 0 Å². The first-order valence-electron chi connectivity index (χ1n) is 5.42. The van der Waals surface area contributed by atoms with Crippen LogP contribution >= 0.6 is 0 Å². The first-order chi connectivity index (χ1) is 5.91. The Bertz CT molecular complexity index is 130. The molecule has 0 rings (SSSR count). The van der Waals surface area contributed by atoms with Gasteiger partial charge in [0.2, 0.25) is 0 Å². The molecular weight excluding hydrogens is 160 g/mol. The van der Waals surface area contributed by atoms with Gasteiger partial charge in [0.05, 0.1) is 0 Å². The van der Waals surface area contributed by atoms with Crippen LogP contribution in [0.2, 0.25) is 0 Å². The Morgan fingerprint density at radius 3 is 2.15 bits per heavy atom. The van der Waals surface area contributed by atoms with Gasteiger partial charge in [-0.1, -0.05) is 27.7 Å². The molecule has 0 aliphatic carbocycles. The lowest BCUT2D eigenvalue weighted by molar-refractivity contribution is 0.202. The molecule has 80 valence electrons. The van der Waals surface area contributed by atoms with Crippen LogP contribution in [0.25, 0.3) is 0 Å². The molecule has 0 aromatic heterocycles. The van der Waals surface area contributed by atoms with Crippen molar-refractivity contribution in [2.45, 2.75) is 46.6 Å². The van der Waals surface area contributed by atoms with E-state index in [0.717, 1.165) is 32.0 Å². The molecule has 0 spiro atoms. The molecule has 0 saturated carbocycles. The van der Waals surface area contributed by atoms with E-state index in [1.165, 1.54) is 0 Å². The standard InChI is InChI=1S/C11H26N2/c1-6-11(5,12)9-13(7-2)8-10(3)4/h10H,6-9,12H2,1-5H3. The van der Waals surface area contributed by atoms with Crippen LogP contribution in [0.5, 0.6) is 0 Å². The van der Waals surface area contributed by atoms with Crippen molar-refractivity contribution in [2.24, 2.45) is 11.7 Å². The molecule has 13 heavy (non-hydrogen) atoms. The van der Waals surface area contributed by atoms with Gasteiger partial charge in [-0.3, -0.25) is 0 Å². The number of nitrogens with two attached hydrogens (primary N) is 1. The molecule has 0 bridgehead atoms. The Morgan fingerprint density at radius 1 is 1.31 bits per heavy atom. The molecule has 0 aromatic rings. The average molecular weight is 186 g/mol. The van der Waals surface area contributed by atoms with Gasteiger partial charge < -0.3 is 10.6 Å². The molecule has 0 amide bonds. The van der Waals surface area contributed by atoms with Crippen molar-refractivity contribution < 1.29 is 0 Å². The number of nitrogens with zero attached hydrogens (tertiary/aromatic N) is 1. The smallest absolute Gasteiger partial charge is 0.0252 e. The SMILES string of the molecule is CCN(CC(C)C)CC(C)(N)CC. The summed E-state index contributed by atoms with van der Waals surface area (Å²) in [7, 11) is 0. The van der Waals surface area contributed by atoms with Crippen molar-refractivity contribution in [2.75, 3.05) is 19.6 Å². The normalized spacial score (nSPS) is 16.6. The topological polar surface area (TPSA) is 29.3 Å². The Kier molecular flexibility index (Phi) is 5.57. The van der Waals surface area contributed by atoms with Crippen molar-refractivity contribution in [3.05, 3.63) is 0 Å². The summed E-state index contributed by atoms with van der Waals surface area (Å²) < 4.78 is 0. The first-order valence-corrected chi connectivity index (χ1v) is 5.42. The second kappa shape index (κ2) is 5.61. The van der Waals surface area contributed by atoms with Crippen LogP contribution in [0, 0.1) is 5.92 Å². The van der Waals surface area contributed by atoms with E-state index in [-0.39, 0.29) is 5.54 Å². The van der Waals surface area contributed by atoms with E-state index in [9.17, 15) is 0 Å². The lowest BCUT2D eigenvalue weighted by atomic mass is 9.99. The van der Waals surface area contributed by atoms with E-state index in [4.69, 9.17) is 5.73 Å². The van der Waals surface area contributed by atoms with Crippen LogP contribution < -0.4 is 5.73 Å². The lowest BCUT2D eigenvalue weighted by Gasteiger charge is -2.32. The van der Waals surface area contributed by atoms with E-state index in [1.807, 2.05) is 0 Å². The Hall–Kier alpha value is -0.0800. The highest BCUT2D eigenvalue weighted by atomic mass is 15.1. The Balaban J connectivity index is 3.97. The molecule has 0 aromatic carbocycles. The van der Waals surface area contributed by atoms with Crippen LogP contribution in [-0.4, -0.2) is 30.1 Å². The molecule has 0 aliphatic rings. The number of likely N-dealkylation sites (N-methyl/N-ethyl adjacent to an activating group) is 1. The highest BCUT2D eigenvalue weighted by molar-refractivity contribution is 4.80. The van der Waals surface area contributed by atoms with Crippen molar-refractivity contribution in [1.29, 1.82) is 0 Å². The maximum absolute atomic E-state index is 6.13. The fourth-order valence-electron chi connectivity index (χ4n) is 1.44. The molecule has 0 radical (unpaired) electrons. The molecule has 2 N–H and O–H groups in total. The van der Waals surface area contributed by atoms with Gasteiger partial charge >= 0.3 is 0 Å². The van der Waals surface area contributed by atoms with Crippen molar-refractivity contribution >= 4 is 0 Å². The van der Waals surface area contributed by atoms with Crippen molar-refractivity contribution in [3.63, 3.8) is 0 Å². The predicted octanol–water partition coefficient (Wildman–Crippen LogP) is 2.09. The fourth-order valence-corrected chi connectivity index (χ4v) is 1.44. The molecule has 0 heterocycles. The van der Waals surface area contributed by atoms with Gasteiger partial charge in [-0.05, 0) is 25.8 Å². The Labute approximate surface area is 83.5 Å². The van der Waals surface area contributed by atoms with Gasteiger partial charge in [0.15, 0.2) is 0 Å². The van der Waals surface area contributed by atoms with E-state index >= 15 is 0 Å². The molecule has 0 aliphatic heterocycles. The van der Waals surface area contributed by atoms with Gasteiger partial charge in [0.1, 0.15) is 0 Å². The summed E-state index contributed by atoms with van der Waals surface area (Å²) >= 11 is 0. The summed E-state index contributed by atoms with van der Waals surface area (Å²) in [5.74, 6) is 0.729. The number of hydrogen-bond donors (Lipinski definition) is 1. The van der Waals surface area contributed by atoms with Crippen LogP contribution in [0.1, 0.15) is 41.0 Å². The molecule has 1 atom stereocenters. The second-order valence-corrected chi connectivity index (χ2v) is 4.73. The monoisotopic (exact) mass is 186 g/mol. The molecule has 1 unspecified atom stereocenters. The van der Waals surface area contributed by atoms with Crippen LogP contribution in [-0.2, 0) is 0 Å². The minimum Gasteiger partial charge on any atom is -0.324 e. The highest BCUT2D eigenvalue weighted by Crippen LogP contribution is 2.09. The maximum atomic E-state index is 6.13. The van der Waals surface area contributed by atoms with E-state index in [1.54, 1.807) is 0 Å². The van der Waals surface area contributed by atoms with E-state index in [2.05, 4.69) is 39.5 Å². The van der Waals surface area contributed by atoms with E-state index < -0.39 is 0 Å². The van der Waals surface area contributed by atoms with E-state index in [0.29, 0.717) is 0 Å². The first kappa shape index (κ1) is 12.9. The summed E-state index contributed by atoms with van der Waals surface area (Å²) in [4.78, 5) is 2.44. The molecule has 2 heteroatoms. The Morgan fingerprint density at radius 2 is 1.85 bits per heavy atom. The molecule has 0 saturated heterocycles. The van der Waals surface area contributed by atoms with Gasteiger partial charge in [-0.15, -0.1) is 0 Å². The van der Waals surface area contributed by atoms with Crippen LogP contribution in [0.4, 0.5) is 0 Å². The predicted molar refractivity (Wildman–Crippen MR) is 59.8 cm³/mol. The fraction of sp³-hybridized carbons (Fsp3) is 1.00. The molecule has 0 fully saturated rings. The third kappa shape index (κ3) is 6.05. The maximum Gasteiger partial charge on any atom is 0.0252 e. The van der Waals surface area contributed by atoms with Crippen LogP contribution in [0.3, 0.4) is 0 Å². The number of hydrogen-bond acceptors (Lipinski definition) is 2. The van der Waals surface area contributed by atoms with Crippen LogP contribution in [0.15, 0.2) is 0 Å². The van der Waals surface area contributed by atoms with Crippen molar-refractivity contribution in [1.82, 2.24) is 4.90 Å². The number of rotatable bonds is 6. The minimum absolute atomic E-state index is 0.0229. The van der Waals surface area contributed by atoms with Gasteiger partial charge in [-0.2, -0.15) is 0 Å². The highest BCUT2D eigenvalue weighted by Gasteiger charge is 2.19. The van der Waals surface area contributed by atoms with Gasteiger partial charge in [0, 0.05) is 18.6 Å². The third-order valence-corrected chi connectivity index (χ3v) is 2.46. The largest absolute Gasteiger partial charge is 0.324 e. The summed E-state index contributed by atoms with van der Waals surface area (Å²) in [5.41, 5.74) is 6.10. The quantitative estimate of drug-likeness (QED) is 0.688. The third-order valence-electron chi connectivity index (χ3n) is 2.46. The van der Waals surface area contributed by atoms with Gasteiger partial charge in [-0.25, -0.2) is 0 Å². The zero-order valence-electron chi connectivity index (χ0n) is 9.93. The lowest BCUT2D eigenvalue weighted by Crippen LogP contribution is -2.48. The van der Waals surface area contributed by atoms with Gasteiger partial charge in [0.25, 0.3) is 0 Å². The minimum atomic E-state index is -0.0229. The second-order valence-electron chi connectivity index (χ2n) is 4.73. The zero-order valence-corrected chi connectivity index (χ0v) is 9.93. The zero-order chi connectivity index (χ0) is 10.5. The molecular formula is C11H26N2. The summed E-state index contributed by atoms with van der Waals surface area (Å²) in [6.45, 7) is 14.3. The summed E-state index contributed by atoms with van der Waals surface area (Å²) in [6, 6.07) is 0. The summed E-state index contributed by atoms with van der Waals surface area (Å²) in [6.07, 6.45) is 1.04. The average Bonchev–Trinajstić information content (AvgIpc) is 2.02.